The molecule has 1 saturated carbocycles. The Balaban J connectivity index is 1.36. The fraction of sp³-hybridized carbons (Fsp3) is 0.433. The van der Waals surface area contributed by atoms with Crippen molar-refractivity contribution in [2.24, 2.45) is 0 Å². The lowest BCUT2D eigenvalue weighted by Crippen LogP contribution is -2.41. The lowest BCUT2D eigenvalue weighted by molar-refractivity contribution is 0.102. The van der Waals surface area contributed by atoms with Crippen molar-refractivity contribution in [1.29, 1.82) is 0 Å². The first-order chi connectivity index (χ1) is 19.0. The van der Waals surface area contributed by atoms with E-state index < -0.39 is 10.0 Å². The number of sulfonamides is 1. The van der Waals surface area contributed by atoms with Gasteiger partial charge in [0.1, 0.15) is 5.82 Å². The summed E-state index contributed by atoms with van der Waals surface area (Å²) in [6.45, 7) is 10.7. The van der Waals surface area contributed by atoms with E-state index in [1.807, 2.05) is 19.9 Å². The van der Waals surface area contributed by atoms with Gasteiger partial charge >= 0.3 is 0 Å². The number of carbonyl (C=O) groups excluding carboxylic acids is 1. The minimum atomic E-state index is -3.64. The molecule has 5 rings (SSSR count). The van der Waals surface area contributed by atoms with Crippen molar-refractivity contribution in [2.45, 2.75) is 83.1 Å². The summed E-state index contributed by atoms with van der Waals surface area (Å²) >= 11 is 1.52. The molecule has 0 radical (unpaired) electrons. The number of carbonyl (C=O) groups is 1. The van der Waals surface area contributed by atoms with Gasteiger partial charge in [0.15, 0.2) is 0 Å². The van der Waals surface area contributed by atoms with Crippen LogP contribution in [0.15, 0.2) is 53.4 Å². The van der Waals surface area contributed by atoms with E-state index in [2.05, 4.69) is 43.3 Å². The van der Waals surface area contributed by atoms with E-state index in [4.69, 9.17) is 4.98 Å². The molecule has 1 aliphatic carbocycles. The van der Waals surface area contributed by atoms with Crippen molar-refractivity contribution in [3.05, 3.63) is 65.4 Å². The van der Waals surface area contributed by atoms with E-state index in [0.717, 1.165) is 48.0 Å². The molecule has 1 fully saturated rings. The number of amides is 1. The zero-order valence-corrected chi connectivity index (χ0v) is 25.4. The molecule has 0 atom stereocenters. The second kappa shape index (κ2) is 11.1. The van der Waals surface area contributed by atoms with Crippen molar-refractivity contribution < 1.29 is 13.2 Å². The van der Waals surface area contributed by atoms with Crippen molar-refractivity contribution in [1.82, 2.24) is 19.1 Å². The van der Waals surface area contributed by atoms with Gasteiger partial charge in [0, 0.05) is 24.2 Å². The SMILES string of the molecule is CCN(C1CCCCC1)S(=O)(=O)c1ccc(C(=O)Nc2cc(C)nn2-c2nc3ccc(C(C)(C)C)cc3s2)cc1. The highest BCUT2D eigenvalue weighted by Crippen LogP contribution is 2.32. The summed E-state index contributed by atoms with van der Waals surface area (Å²) in [5.41, 5.74) is 3.24. The van der Waals surface area contributed by atoms with Crippen LogP contribution in [-0.4, -0.2) is 46.0 Å². The van der Waals surface area contributed by atoms with Gasteiger partial charge in [0.2, 0.25) is 15.2 Å². The maximum atomic E-state index is 13.4. The highest BCUT2D eigenvalue weighted by atomic mass is 32.2. The molecule has 40 heavy (non-hydrogen) atoms. The first-order valence-corrected chi connectivity index (χ1v) is 16.1. The average molecular weight is 580 g/mol. The third-order valence-electron chi connectivity index (χ3n) is 7.51. The van der Waals surface area contributed by atoms with E-state index in [1.165, 1.54) is 29.0 Å². The highest BCUT2D eigenvalue weighted by molar-refractivity contribution is 7.89. The second-order valence-corrected chi connectivity index (χ2v) is 14.4. The summed E-state index contributed by atoms with van der Waals surface area (Å²) < 4.78 is 31.1. The van der Waals surface area contributed by atoms with Gasteiger partial charge in [-0.2, -0.15) is 14.1 Å². The zero-order chi connectivity index (χ0) is 28.7. The van der Waals surface area contributed by atoms with Crippen LogP contribution in [0.1, 0.15) is 81.4 Å². The van der Waals surface area contributed by atoms with E-state index in [1.54, 1.807) is 27.2 Å². The van der Waals surface area contributed by atoms with Crippen LogP contribution in [0.3, 0.4) is 0 Å². The molecule has 1 aliphatic rings. The topological polar surface area (TPSA) is 97.2 Å². The van der Waals surface area contributed by atoms with Gasteiger partial charge in [-0.25, -0.2) is 13.4 Å². The number of aromatic nitrogens is 3. The van der Waals surface area contributed by atoms with Gasteiger partial charge in [-0.1, -0.05) is 64.4 Å². The van der Waals surface area contributed by atoms with Crippen LogP contribution in [0.25, 0.3) is 15.3 Å². The summed E-state index contributed by atoms with van der Waals surface area (Å²) in [6.07, 6.45) is 5.06. The normalized spacial score (nSPS) is 15.2. The Labute approximate surface area is 240 Å². The molecular formula is C30H37N5O3S2. The van der Waals surface area contributed by atoms with E-state index in [0.29, 0.717) is 23.1 Å². The third-order valence-corrected chi connectivity index (χ3v) is 10.5. The molecule has 0 spiro atoms. The number of benzene rings is 2. The average Bonchev–Trinajstić information content (AvgIpc) is 3.51. The molecule has 2 aromatic carbocycles. The van der Waals surface area contributed by atoms with Gasteiger partial charge in [-0.3, -0.25) is 4.79 Å². The molecule has 0 unspecified atom stereocenters. The number of fused-ring (bicyclic) bond motifs is 1. The second-order valence-electron chi connectivity index (χ2n) is 11.5. The number of thiazole rings is 1. The molecule has 0 bridgehead atoms. The molecule has 2 heterocycles. The Morgan fingerprint density at radius 2 is 1.77 bits per heavy atom. The Hall–Kier alpha value is -3.08. The predicted molar refractivity (Wildman–Crippen MR) is 161 cm³/mol. The van der Waals surface area contributed by atoms with Gasteiger partial charge in [0.25, 0.3) is 5.91 Å². The molecule has 1 N–H and O–H groups in total. The van der Waals surface area contributed by atoms with Crippen LogP contribution in [0.4, 0.5) is 5.82 Å². The molecule has 212 valence electrons. The molecule has 8 nitrogen and oxygen atoms in total. The fourth-order valence-electron chi connectivity index (χ4n) is 5.30. The predicted octanol–water partition coefficient (Wildman–Crippen LogP) is 6.68. The lowest BCUT2D eigenvalue weighted by Gasteiger charge is -2.32. The van der Waals surface area contributed by atoms with Crippen molar-refractivity contribution in [2.75, 3.05) is 11.9 Å². The quantitative estimate of drug-likeness (QED) is 0.263. The smallest absolute Gasteiger partial charge is 0.256 e. The van der Waals surface area contributed by atoms with Crippen LogP contribution in [0.2, 0.25) is 0 Å². The van der Waals surface area contributed by atoms with Crippen LogP contribution in [0, 0.1) is 6.92 Å². The fourth-order valence-corrected chi connectivity index (χ4v) is 7.96. The van der Waals surface area contributed by atoms with Crippen molar-refractivity contribution in [3.63, 3.8) is 0 Å². The van der Waals surface area contributed by atoms with Gasteiger partial charge < -0.3 is 5.32 Å². The lowest BCUT2D eigenvalue weighted by atomic mass is 9.87. The number of nitrogens with one attached hydrogen (secondary N) is 1. The monoisotopic (exact) mass is 579 g/mol. The number of rotatable bonds is 7. The molecule has 0 aliphatic heterocycles. The number of nitrogens with zero attached hydrogens (tertiary/aromatic N) is 4. The van der Waals surface area contributed by atoms with Crippen molar-refractivity contribution >= 4 is 43.3 Å². The van der Waals surface area contributed by atoms with Crippen LogP contribution in [-0.2, 0) is 15.4 Å². The van der Waals surface area contributed by atoms with E-state index >= 15 is 0 Å². The van der Waals surface area contributed by atoms with Gasteiger partial charge in [-0.05, 0) is 67.1 Å². The minimum absolute atomic E-state index is 0.0271. The van der Waals surface area contributed by atoms with E-state index in [-0.39, 0.29) is 22.3 Å². The minimum Gasteiger partial charge on any atom is -0.306 e. The number of hydrogen-bond acceptors (Lipinski definition) is 6. The van der Waals surface area contributed by atoms with Crippen LogP contribution >= 0.6 is 11.3 Å². The highest BCUT2D eigenvalue weighted by Gasteiger charge is 2.31. The largest absolute Gasteiger partial charge is 0.306 e. The molecule has 0 saturated heterocycles. The summed E-state index contributed by atoms with van der Waals surface area (Å²) in [4.78, 5) is 18.2. The van der Waals surface area contributed by atoms with Gasteiger partial charge in [-0.15, -0.1) is 0 Å². The maximum Gasteiger partial charge on any atom is 0.256 e. The molecule has 1 amide bonds. The summed E-state index contributed by atoms with van der Waals surface area (Å²) in [6, 6.07) is 14.3. The Bertz CT molecular complexity index is 1630. The van der Waals surface area contributed by atoms with Crippen LogP contribution < -0.4 is 5.32 Å². The number of anilines is 1. The zero-order valence-electron chi connectivity index (χ0n) is 23.8. The Morgan fingerprint density at radius 3 is 2.42 bits per heavy atom. The van der Waals surface area contributed by atoms with Gasteiger partial charge in [0.05, 0.1) is 20.8 Å². The van der Waals surface area contributed by atoms with Crippen LogP contribution in [0.5, 0.6) is 0 Å². The van der Waals surface area contributed by atoms with E-state index in [9.17, 15) is 13.2 Å². The summed E-state index contributed by atoms with van der Waals surface area (Å²) in [5, 5.41) is 8.18. The maximum absolute atomic E-state index is 13.4. The molecule has 4 aromatic rings. The summed E-state index contributed by atoms with van der Waals surface area (Å²) in [5.74, 6) is 0.157. The summed E-state index contributed by atoms with van der Waals surface area (Å²) in [7, 11) is -3.64. The standard InChI is InChI=1S/C30H37N5O3S2/c1-6-34(23-10-8-7-9-11-23)40(37,38)24-15-12-21(13-16-24)28(36)32-27-18-20(2)33-35(27)29-31-25-17-14-22(30(3,4)5)19-26(25)39-29/h12-19,23H,6-11H2,1-5H3,(H,32,36). The molecular weight excluding hydrogens is 542 g/mol. The molecule has 10 heteroatoms. The number of hydrogen-bond donors (Lipinski definition) is 1. The first kappa shape index (κ1) is 28.4. The third kappa shape index (κ3) is 5.70. The Kier molecular flexibility index (Phi) is 7.87. The first-order valence-electron chi connectivity index (χ1n) is 13.9. The van der Waals surface area contributed by atoms with Crippen molar-refractivity contribution in [3.8, 4) is 5.13 Å². The number of aryl methyl sites for hydroxylation is 1. The molecule has 2 aromatic heterocycles. The Morgan fingerprint density at radius 1 is 1.07 bits per heavy atom.